The van der Waals surface area contributed by atoms with Gasteiger partial charge in [0.1, 0.15) is 11.8 Å². The van der Waals surface area contributed by atoms with Crippen molar-refractivity contribution in [1.82, 2.24) is 10.2 Å². The Hall–Kier alpha value is -2.55. The summed E-state index contributed by atoms with van der Waals surface area (Å²) in [5.74, 6) is 0.642. The van der Waals surface area contributed by atoms with E-state index in [0.717, 1.165) is 10.9 Å². The molecule has 0 bridgehead atoms. The molecule has 0 aliphatic heterocycles. The van der Waals surface area contributed by atoms with Crippen LogP contribution in [0, 0.1) is 11.3 Å². The van der Waals surface area contributed by atoms with Crippen molar-refractivity contribution in [1.29, 1.82) is 5.26 Å². The maximum absolute atomic E-state index is 9.14. The van der Waals surface area contributed by atoms with E-state index in [-0.39, 0.29) is 5.15 Å². The largest absolute Gasteiger partial charge is 0.492 e. The Labute approximate surface area is 154 Å². The molecular weight excluding hydrogens is 359 g/mol. The summed E-state index contributed by atoms with van der Waals surface area (Å²) in [5.41, 5.74) is 8.38. The van der Waals surface area contributed by atoms with Crippen molar-refractivity contribution in [3.8, 4) is 11.8 Å². The Kier molecular flexibility index (Phi) is 4.93. The highest BCUT2D eigenvalue weighted by Crippen LogP contribution is 2.32. The van der Waals surface area contributed by atoms with E-state index in [4.69, 9.17) is 38.9 Å². The van der Waals surface area contributed by atoms with Crippen LogP contribution in [0.15, 0.2) is 30.3 Å². The van der Waals surface area contributed by atoms with Crippen molar-refractivity contribution in [3.05, 3.63) is 57.3 Å². The lowest BCUT2D eigenvalue weighted by atomic mass is 10.0. The van der Waals surface area contributed by atoms with Gasteiger partial charge in [0.15, 0.2) is 5.15 Å². The van der Waals surface area contributed by atoms with E-state index in [1.807, 2.05) is 31.2 Å². The van der Waals surface area contributed by atoms with Crippen LogP contribution in [0.3, 0.4) is 0 Å². The van der Waals surface area contributed by atoms with Crippen LogP contribution >= 0.6 is 23.2 Å². The summed E-state index contributed by atoms with van der Waals surface area (Å²) >= 11 is 12.4. The second-order valence-electron chi connectivity index (χ2n) is 5.37. The molecule has 2 aromatic carbocycles. The van der Waals surface area contributed by atoms with Crippen LogP contribution in [0.4, 0.5) is 5.69 Å². The van der Waals surface area contributed by atoms with E-state index in [0.29, 0.717) is 46.1 Å². The van der Waals surface area contributed by atoms with Crippen LogP contribution in [0.5, 0.6) is 5.75 Å². The van der Waals surface area contributed by atoms with Gasteiger partial charge in [0.05, 0.1) is 28.6 Å². The number of nitrogen functional groups attached to an aromatic ring is 1. The molecule has 0 atom stereocenters. The van der Waals surface area contributed by atoms with Crippen molar-refractivity contribution < 1.29 is 4.74 Å². The van der Waals surface area contributed by atoms with Gasteiger partial charge in [0.25, 0.3) is 0 Å². The smallest absolute Gasteiger partial charge is 0.161 e. The number of aromatic nitrogens is 2. The van der Waals surface area contributed by atoms with Crippen LogP contribution < -0.4 is 10.5 Å². The minimum atomic E-state index is 0.179. The first-order valence-corrected chi connectivity index (χ1v) is 8.35. The third-order valence-electron chi connectivity index (χ3n) is 3.81. The lowest BCUT2D eigenvalue weighted by Gasteiger charge is -2.11. The molecule has 25 heavy (non-hydrogen) atoms. The second-order valence-corrected chi connectivity index (χ2v) is 6.14. The normalized spacial score (nSPS) is 10.6. The molecule has 3 rings (SSSR count). The van der Waals surface area contributed by atoms with E-state index in [9.17, 15) is 0 Å². The first-order chi connectivity index (χ1) is 12.0. The summed E-state index contributed by atoms with van der Waals surface area (Å²) in [5, 5.41) is 19.3. The van der Waals surface area contributed by atoms with Gasteiger partial charge in [-0.2, -0.15) is 10.4 Å². The minimum Gasteiger partial charge on any atom is -0.492 e. The fourth-order valence-electron chi connectivity index (χ4n) is 2.64. The van der Waals surface area contributed by atoms with Gasteiger partial charge < -0.3 is 10.5 Å². The average molecular weight is 373 g/mol. The van der Waals surface area contributed by atoms with E-state index >= 15 is 0 Å². The molecule has 5 nitrogen and oxygen atoms in total. The van der Waals surface area contributed by atoms with Gasteiger partial charge in [-0.3, -0.25) is 0 Å². The first kappa shape index (κ1) is 17.3. The highest BCUT2D eigenvalue weighted by atomic mass is 35.5. The number of anilines is 1. The first-order valence-electron chi connectivity index (χ1n) is 7.59. The van der Waals surface area contributed by atoms with Gasteiger partial charge in [-0.15, -0.1) is 5.10 Å². The molecule has 1 heterocycles. The predicted octanol–water partition coefficient (Wildman–Crippen LogP) is 4.38. The molecule has 0 saturated carbocycles. The van der Waals surface area contributed by atoms with Crippen molar-refractivity contribution in [2.75, 3.05) is 12.3 Å². The molecule has 0 unspecified atom stereocenters. The number of rotatable bonds is 4. The van der Waals surface area contributed by atoms with E-state index in [1.54, 1.807) is 12.1 Å². The van der Waals surface area contributed by atoms with Gasteiger partial charge >= 0.3 is 0 Å². The van der Waals surface area contributed by atoms with Crippen LogP contribution in [-0.4, -0.2) is 16.8 Å². The maximum atomic E-state index is 9.14. The molecular formula is C18H14Cl2N4O. The third-order valence-corrected chi connectivity index (χ3v) is 4.37. The summed E-state index contributed by atoms with van der Waals surface area (Å²) in [7, 11) is 0. The lowest BCUT2D eigenvalue weighted by molar-refractivity contribution is 0.340. The van der Waals surface area contributed by atoms with Gasteiger partial charge in [-0.1, -0.05) is 35.3 Å². The molecule has 7 heteroatoms. The number of benzene rings is 2. The number of nitrogens with two attached hydrogens (primary N) is 1. The number of hydrogen-bond donors (Lipinski definition) is 1. The second kappa shape index (κ2) is 7.14. The Morgan fingerprint density at radius 3 is 2.68 bits per heavy atom. The van der Waals surface area contributed by atoms with Crippen molar-refractivity contribution in [3.63, 3.8) is 0 Å². The number of fused-ring (bicyclic) bond motifs is 1. The number of hydrogen-bond acceptors (Lipinski definition) is 5. The Morgan fingerprint density at radius 1 is 1.20 bits per heavy atom. The van der Waals surface area contributed by atoms with Gasteiger partial charge in [-0.25, -0.2) is 0 Å². The number of nitriles is 1. The third kappa shape index (κ3) is 3.32. The Morgan fingerprint density at radius 2 is 2.00 bits per heavy atom. The number of ether oxygens (including phenoxy) is 1. The quantitative estimate of drug-likeness (QED) is 0.686. The zero-order chi connectivity index (χ0) is 18.0. The fraction of sp³-hybridized carbons (Fsp3) is 0.167. The summed E-state index contributed by atoms with van der Waals surface area (Å²) < 4.78 is 5.44. The Bertz CT molecular complexity index is 999. The predicted molar refractivity (Wildman–Crippen MR) is 99.1 cm³/mol. The zero-order valence-corrected chi connectivity index (χ0v) is 14.9. The molecule has 0 spiro atoms. The molecule has 0 amide bonds. The van der Waals surface area contributed by atoms with Crippen LogP contribution in [0.25, 0.3) is 10.8 Å². The highest BCUT2D eigenvalue weighted by Gasteiger charge is 2.14. The number of nitrogens with zero attached hydrogens (tertiary/aromatic N) is 3. The molecule has 3 aromatic rings. The fourth-order valence-corrected chi connectivity index (χ4v) is 3.14. The maximum Gasteiger partial charge on any atom is 0.161 e. The van der Waals surface area contributed by atoms with E-state index in [2.05, 4.69) is 10.2 Å². The zero-order valence-electron chi connectivity index (χ0n) is 13.4. The van der Waals surface area contributed by atoms with Gasteiger partial charge in [-0.05, 0) is 30.7 Å². The van der Waals surface area contributed by atoms with Crippen molar-refractivity contribution in [2.24, 2.45) is 0 Å². The standard InChI is InChI=1S/C18H14Cl2N4O/c1-2-25-15-6-3-10(7-13(15)19)8-14-12-5-4-11(9-21)17(22)16(12)18(20)24-23-14/h3-7H,2,8,22H2,1H3. The summed E-state index contributed by atoms with van der Waals surface area (Å²) in [4.78, 5) is 0. The SMILES string of the molecule is CCOc1ccc(Cc2nnc(Cl)c3c(N)c(C#N)ccc23)cc1Cl. The monoisotopic (exact) mass is 372 g/mol. The molecule has 0 fully saturated rings. The summed E-state index contributed by atoms with van der Waals surface area (Å²) in [6.45, 7) is 2.45. The molecule has 126 valence electrons. The minimum absolute atomic E-state index is 0.179. The van der Waals surface area contributed by atoms with Crippen LogP contribution in [0.2, 0.25) is 10.2 Å². The molecule has 0 aliphatic carbocycles. The topological polar surface area (TPSA) is 84.8 Å². The van der Waals surface area contributed by atoms with E-state index < -0.39 is 0 Å². The highest BCUT2D eigenvalue weighted by molar-refractivity contribution is 6.35. The summed E-state index contributed by atoms with van der Waals surface area (Å²) in [6.07, 6.45) is 0.498. The molecule has 0 aliphatic rings. The molecule has 0 radical (unpaired) electrons. The van der Waals surface area contributed by atoms with E-state index in [1.165, 1.54) is 0 Å². The Balaban J connectivity index is 2.06. The molecule has 0 saturated heterocycles. The lowest BCUT2D eigenvalue weighted by Crippen LogP contribution is -2.01. The average Bonchev–Trinajstić information content (AvgIpc) is 2.60. The molecule has 2 N–H and O–H groups in total. The van der Waals surface area contributed by atoms with Crippen molar-refractivity contribution in [2.45, 2.75) is 13.3 Å². The summed E-state index contributed by atoms with van der Waals surface area (Å²) in [6, 6.07) is 11.1. The number of halogens is 2. The van der Waals surface area contributed by atoms with Gasteiger partial charge in [0.2, 0.25) is 0 Å². The van der Waals surface area contributed by atoms with Crippen molar-refractivity contribution >= 4 is 39.7 Å². The van der Waals surface area contributed by atoms with Crippen LogP contribution in [-0.2, 0) is 6.42 Å². The van der Waals surface area contributed by atoms with Crippen LogP contribution in [0.1, 0.15) is 23.7 Å². The molecule has 1 aromatic heterocycles. The van der Waals surface area contributed by atoms with Gasteiger partial charge in [0, 0.05) is 17.2 Å².